The molecule has 4 heteroatoms. The molecular formula is C13H16F3N. The molecule has 2 atom stereocenters. The number of nitrogens with one attached hydrogen (secondary N) is 1. The molecule has 1 aromatic carbocycles. The van der Waals surface area contributed by atoms with E-state index in [0.717, 1.165) is 37.1 Å². The zero-order chi connectivity index (χ0) is 12.5. The molecule has 0 radical (unpaired) electrons. The van der Waals surface area contributed by atoms with Crippen molar-refractivity contribution in [3.8, 4) is 0 Å². The summed E-state index contributed by atoms with van der Waals surface area (Å²) in [6.45, 7) is 3.12. The monoisotopic (exact) mass is 243 g/mol. The van der Waals surface area contributed by atoms with E-state index < -0.39 is 11.7 Å². The van der Waals surface area contributed by atoms with E-state index in [-0.39, 0.29) is 6.04 Å². The van der Waals surface area contributed by atoms with E-state index in [1.165, 1.54) is 0 Å². The van der Waals surface area contributed by atoms with Gasteiger partial charge in [-0.3, -0.25) is 0 Å². The summed E-state index contributed by atoms with van der Waals surface area (Å²) in [5.74, 6) is 0.628. The lowest BCUT2D eigenvalue weighted by molar-refractivity contribution is -0.137. The van der Waals surface area contributed by atoms with Crippen LogP contribution in [0.2, 0.25) is 0 Å². The van der Waals surface area contributed by atoms with Crippen molar-refractivity contribution in [2.24, 2.45) is 5.92 Å². The lowest BCUT2D eigenvalue weighted by Crippen LogP contribution is -2.30. The van der Waals surface area contributed by atoms with Crippen LogP contribution < -0.4 is 5.32 Å². The maximum atomic E-state index is 12.4. The first-order valence-electron chi connectivity index (χ1n) is 5.87. The molecule has 2 unspecified atom stereocenters. The Hall–Kier alpha value is -1.03. The van der Waals surface area contributed by atoms with E-state index >= 15 is 0 Å². The van der Waals surface area contributed by atoms with Crippen molar-refractivity contribution in [1.82, 2.24) is 5.32 Å². The van der Waals surface area contributed by atoms with E-state index in [4.69, 9.17) is 0 Å². The Morgan fingerprint density at radius 3 is 2.35 bits per heavy atom. The fourth-order valence-corrected chi connectivity index (χ4v) is 2.27. The second kappa shape index (κ2) is 4.69. The molecule has 0 aliphatic carbocycles. The van der Waals surface area contributed by atoms with Gasteiger partial charge in [0.25, 0.3) is 0 Å². The van der Waals surface area contributed by atoms with Gasteiger partial charge in [0, 0.05) is 6.04 Å². The molecule has 0 saturated carbocycles. The third-order valence-electron chi connectivity index (χ3n) is 3.31. The largest absolute Gasteiger partial charge is 0.416 e. The van der Waals surface area contributed by atoms with Gasteiger partial charge in [0.2, 0.25) is 0 Å². The highest BCUT2D eigenvalue weighted by molar-refractivity contribution is 5.27. The fourth-order valence-electron chi connectivity index (χ4n) is 2.27. The average Bonchev–Trinajstić information content (AvgIpc) is 2.28. The normalized spacial score (nSPS) is 25.9. The number of hydrogen-bond donors (Lipinski definition) is 1. The van der Waals surface area contributed by atoms with Crippen molar-refractivity contribution < 1.29 is 13.2 Å². The van der Waals surface area contributed by atoms with Crippen LogP contribution in [0.25, 0.3) is 0 Å². The Labute approximate surface area is 99.0 Å². The van der Waals surface area contributed by atoms with Gasteiger partial charge in [0.1, 0.15) is 0 Å². The van der Waals surface area contributed by atoms with Crippen LogP contribution in [0.1, 0.15) is 36.9 Å². The second-order valence-corrected chi connectivity index (χ2v) is 4.76. The maximum Gasteiger partial charge on any atom is 0.416 e. The molecule has 0 amide bonds. The molecule has 0 spiro atoms. The molecule has 0 bridgehead atoms. The zero-order valence-corrected chi connectivity index (χ0v) is 9.72. The first-order valence-corrected chi connectivity index (χ1v) is 5.87. The standard InChI is InChI=1S/C13H16F3N/c1-9-6-7-17-12(8-9)10-2-4-11(5-3-10)13(14,15)16/h2-5,9,12,17H,6-8H2,1H3. The lowest BCUT2D eigenvalue weighted by Gasteiger charge is -2.28. The first kappa shape index (κ1) is 12.4. The number of hydrogen-bond acceptors (Lipinski definition) is 1. The number of benzene rings is 1. The van der Waals surface area contributed by atoms with Crippen LogP contribution in [0.4, 0.5) is 13.2 Å². The Morgan fingerprint density at radius 2 is 1.82 bits per heavy atom. The maximum absolute atomic E-state index is 12.4. The zero-order valence-electron chi connectivity index (χ0n) is 9.72. The van der Waals surface area contributed by atoms with E-state index in [9.17, 15) is 13.2 Å². The van der Waals surface area contributed by atoms with E-state index in [0.29, 0.717) is 5.92 Å². The molecule has 2 rings (SSSR count). The number of halogens is 3. The number of alkyl halides is 3. The van der Waals surface area contributed by atoms with Crippen LogP contribution in [-0.4, -0.2) is 6.54 Å². The Bertz CT molecular complexity index is 369. The average molecular weight is 243 g/mol. The van der Waals surface area contributed by atoms with E-state index in [1.807, 2.05) is 0 Å². The van der Waals surface area contributed by atoms with Crippen molar-refractivity contribution in [2.45, 2.75) is 32.0 Å². The van der Waals surface area contributed by atoms with Gasteiger partial charge in [-0.05, 0) is 43.0 Å². The molecule has 1 aliphatic heterocycles. The molecule has 0 aromatic heterocycles. The van der Waals surface area contributed by atoms with Gasteiger partial charge in [-0.25, -0.2) is 0 Å². The molecule has 1 heterocycles. The molecular weight excluding hydrogens is 227 g/mol. The van der Waals surface area contributed by atoms with Crippen molar-refractivity contribution in [3.05, 3.63) is 35.4 Å². The Balaban J connectivity index is 2.12. The van der Waals surface area contributed by atoms with E-state index in [2.05, 4.69) is 12.2 Å². The highest BCUT2D eigenvalue weighted by Gasteiger charge is 2.30. The number of rotatable bonds is 1. The predicted octanol–water partition coefficient (Wildman–Crippen LogP) is 3.77. The van der Waals surface area contributed by atoms with Gasteiger partial charge in [0.15, 0.2) is 0 Å². The van der Waals surface area contributed by atoms with Gasteiger partial charge in [-0.2, -0.15) is 13.2 Å². The summed E-state index contributed by atoms with van der Waals surface area (Å²) in [6.07, 6.45) is -2.12. The molecule has 1 nitrogen and oxygen atoms in total. The molecule has 1 aromatic rings. The fraction of sp³-hybridized carbons (Fsp3) is 0.538. The van der Waals surface area contributed by atoms with Gasteiger partial charge in [-0.15, -0.1) is 0 Å². The minimum atomic E-state index is -4.24. The van der Waals surface area contributed by atoms with Gasteiger partial charge in [-0.1, -0.05) is 19.1 Å². The smallest absolute Gasteiger partial charge is 0.310 e. The van der Waals surface area contributed by atoms with Gasteiger partial charge >= 0.3 is 6.18 Å². The molecule has 1 N–H and O–H groups in total. The molecule has 1 saturated heterocycles. The highest BCUT2D eigenvalue weighted by atomic mass is 19.4. The van der Waals surface area contributed by atoms with Crippen LogP contribution >= 0.6 is 0 Å². The third-order valence-corrected chi connectivity index (χ3v) is 3.31. The minimum absolute atomic E-state index is 0.195. The van der Waals surface area contributed by atoms with Crippen molar-refractivity contribution in [2.75, 3.05) is 6.54 Å². The van der Waals surface area contributed by atoms with Crippen LogP contribution in [0.5, 0.6) is 0 Å². The third kappa shape index (κ3) is 3.00. The quantitative estimate of drug-likeness (QED) is 0.791. The predicted molar refractivity (Wildman–Crippen MR) is 60.6 cm³/mol. The summed E-state index contributed by atoms with van der Waals surface area (Å²) in [4.78, 5) is 0. The Kier molecular flexibility index (Phi) is 3.43. The lowest BCUT2D eigenvalue weighted by atomic mass is 9.90. The summed E-state index contributed by atoms with van der Waals surface area (Å²) < 4.78 is 37.2. The number of piperidine rings is 1. The van der Waals surface area contributed by atoms with Crippen LogP contribution in [0, 0.1) is 5.92 Å². The SMILES string of the molecule is CC1CCNC(c2ccc(C(F)(F)F)cc2)C1. The van der Waals surface area contributed by atoms with Gasteiger partial charge in [0.05, 0.1) is 5.56 Å². The summed E-state index contributed by atoms with van der Waals surface area (Å²) in [5, 5.41) is 3.34. The van der Waals surface area contributed by atoms with E-state index in [1.54, 1.807) is 12.1 Å². The summed E-state index contributed by atoms with van der Waals surface area (Å²) in [5.41, 5.74) is 0.370. The first-order chi connectivity index (χ1) is 7.97. The summed E-state index contributed by atoms with van der Waals surface area (Å²) >= 11 is 0. The molecule has 94 valence electrons. The van der Waals surface area contributed by atoms with Gasteiger partial charge < -0.3 is 5.32 Å². The van der Waals surface area contributed by atoms with Crippen molar-refractivity contribution in [1.29, 1.82) is 0 Å². The van der Waals surface area contributed by atoms with Crippen LogP contribution in [-0.2, 0) is 6.18 Å². The summed E-state index contributed by atoms with van der Waals surface area (Å²) in [7, 11) is 0. The topological polar surface area (TPSA) is 12.0 Å². The molecule has 17 heavy (non-hydrogen) atoms. The molecule has 1 aliphatic rings. The second-order valence-electron chi connectivity index (χ2n) is 4.76. The van der Waals surface area contributed by atoms with Crippen LogP contribution in [0.15, 0.2) is 24.3 Å². The minimum Gasteiger partial charge on any atom is -0.310 e. The molecule has 1 fully saturated rings. The van der Waals surface area contributed by atoms with Crippen molar-refractivity contribution >= 4 is 0 Å². The van der Waals surface area contributed by atoms with Crippen molar-refractivity contribution in [3.63, 3.8) is 0 Å². The summed E-state index contributed by atoms with van der Waals surface area (Å²) in [6, 6.07) is 5.69. The highest BCUT2D eigenvalue weighted by Crippen LogP contribution is 2.32. The van der Waals surface area contributed by atoms with Crippen LogP contribution in [0.3, 0.4) is 0 Å². The Morgan fingerprint density at radius 1 is 1.18 bits per heavy atom.